The van der Waals surface area contributed by atoms with Crippen LogP contribution in [0.25, 0.3) is 0 Å². The Morgan fingerprint density at radius 2 is 1.62 bits per heavy atom. The smallest absolute Gasteiger partial charge is 0.268 e. The van der Waals surface area contributed by atoms with E-state index in [9.17, 15) is 4.79 Å². The number of amides is 1. The van der Waals surface area contributed by atoms with Gasteiger partial charge in [0.25, 0.3) is 5.91 Å². The molecule has 1 amide bonds. The molecule has 0 saturated carbocycles. The lowest BCUT2D eigenvalue weighted by Crippen LogP contribution is -2.49. The average molecular weight is 389 g/mol. The molecule has 3 rings (SSSR count). The third kappa shape index (κ3) is 4.16. The monoisotopic (exact) mass is 388 g/mol. The maximum Gasteiger partial charge on any atom is 0.268 e. The van der Waals surface area contributed by atoms with Crippen molar-refractivity contribution in [3.8, 4) is 5.75 Å². The van der Waals surface area contributed by atoms with Gasteiger partial charge in [0.05, 0.1) is 0 Å². The molecule has 126 valence electrons. The summed E-state index contributed by atoms with van der Waals surface area (Å²) in [6, 6.07) is 17.3. The van der Waals surface area contributed by atoms with Crippen LogP contribution in [-0.4, -0.2) is 48.9 Å². The molecule has 0 bridgehead atoms. The van der Waals surface area contributed by atoms with Crippen molar-refractivity contribution >= 4 is 21.8 Å². The van der Waals surface area contributed by atoms with Gasteiger partial charge in [-0.15, -0.1) is 0 Å². The summed E-state index contributed by atoms with van der Waals surface area (Å²) in [7, 11) is 2.08. The van der Waals surface area contributed by atoms with E-state index in [0.717, 1.165) is 36.2 Å². The largest absolute Gasteiger partial charge is 0.476 e. The van der Waals surface area contributed by atoms with E-state index in [0.29, 0.717) is 5.75 Å². The molecule has 5 heteroatoms. The normalized spacial score (nSPS) is 16.7. The molecule has 0 radical (unpaired) electrons. The fourth-order valence-electron chi connectivity index (χ4n) is 2.73. The highest BCUT2D eigenvalue weighted by molar-refractivity contribution is 9.10. The first-order chi connectivity index (χ1) is 11.6. The van der Waals surface area contributed by atoms with Crippen molar-refractivity contribution in [2.75, 3.05) is 33.2 Å². The molecule has 1 heterocycles. The predicted octanol–water partition coefficient (Wildman–Crippen LogP) is 3.34. The van der Waals surface area contributed by atoms with Gasteiger partial charge < -0.3 is 14.5 Å². The van der Waals surface area contributed by atoms with Gasteiger partial charge in [-0.1, -0.05) is 46.3 Å². The van der Waals surface area contributed by atoms with Crippen LogP contribution in [0.1, 0.15) is 11.7 Å². The van der Waals surface area contributed by atoms with Crippen molar-refractivity contribution < 1.29 is 9.53 Å². The first-order valence-electron chi connectivity index (χ1n) is 8.08. The summed E-state index contributed by atoms with van der Waals surface area (Å²) in [6.45, 7) is 3.27. The number of hydrogen-bond acceptors (Lipinski definition) is 3. The molecule has 2 aromatic rings. The third-order valence-electron chi connectivity index (χ3n) is 4.21. The SMILES string of the molecule is CN1CCN(C(=O)[C@H](Oc2ccc(Br)cc2)c2ccccc2)CC1. The Bertz CT molecular complexity index is 668. The molecule has 24 heavy (non-hydrogen) atoms. The van der Waals surface area contributed by atoms with Gasteiger partial charge >= 0.3 is 0 Å². The van der Waals surface area contributed by atoms with Gasteiger partial charge in [-0.2, -0.15) is 0 Å². The standard InChI is InChI=1S/C19H21BrN2O2/c1-21-11-13-22(14-12-21)19(23)18(15-5-3-2-4-6-15)24-17-9-7-16(20)8-10-17/h2-10,18H,11-14H2,1H3/t18-/m1/s1. The Labute approximate surface area is 151 Å². The molecular weight excluding hydrogens is 368 g/mol. The second-order valence-electron chi connectivity index (χ2n) is 5.99. The average Bonchev–Trinajstić information content (AvgIpc) is 2.62. The van der Waals surface area contributed by atoms with Gasteiger partial charge in [0, 0.05) is 36.2 Å². The Balaban J connectivity index is 1.82. The summed E-state index contributed by atoms with van der Waals surface area (Å²) < 4.78 is 7.05. The van der Waals surface area contributed by atoms with Crippen LogP contribution in [0.4, 0.5) is 0 Å². The summed E-state index contributed by atoms with van der Waals surface area (Å²) in [5, 5.41) is 0. The quantitative estimate of drug-likeness (QED) is 0.804. The van der Waals surface area contributed by atoms with Gasteiger partial charge in [0.2, 0.25) is 6.10 Å². The van der Waals surface area contributed by atoms with Crippen LogP contribution in [0.5, 0.6) is 5.75 Å². The van der Waals surface area contributed by atoms with E-state index in [1.807, 2.05) is 59.5 Å². The van der Waals surface area contributed by atoms with Gasteiger partial charge in [-0.05, 0) is 31.3 Å². The maximum absolute atomic E-state index is 13.0. The van der Waals surface area contributed by atoms with Crippen molar-refractivity contribution in [2.24, 2.45) is 0 Å². The minimum absolute atomic E-state index is 0.0252. The lowest BCUT2D eigenvalue weighted by molar-refractivity contribution is -0.140. The Kier molecular flexibility index (Phi) is 5.53. The number of carbonyl (C=O) groups excluding carboxylic acids is 1. The maximum atomic E-state index is 13.0. The highest BCUT2D eigenvalue weighted by Crippen LogP contribution is 2.25. The summed E-state index contributed by atoms with van der Waals surface area (Å²) in [6.07, 6.45) is -0.615. The third-order valence-corrected chi connectivity index (χ3v) is 4.74. The highest BCUT2D eigenvalue weighted by atomic mass is 79.9. The fourth-order valence-corrected chi connectivity index (χ4v) is 3.00. The zero-order chi connectivity index (χ0) is 16.9. The lowest BCUT2D eigenvalue weighted by atomic mass is 10.1. The predicted molar refractivity (Wildman–Crippen MR) is 98.0 cm³/mol. The molecule has 0 spiro atoms. The van der Waals surface area contributed by atoms with E-state index in [1.54, 1.807) is 0 Å². The van der Waals surface area contributed by atoms with Crippen LogP contribution in [0.15, 0.2) is 59.1 Å². The summed E-state index contributed by atoms with van der Waals surface area (Å²) in [5.41, 5.74) is 0.879. The highest BCUT2D eigenvalue weighted by Gasteiger charge is 2.29. The molecule has 0 unspecified atom stereocenters. The summed E-state index contributed by atoms with van der Waals surface area (Å²) >= 11 is 3.42. The number of halogens is 1. The minimum atomic E-state index is -0.615. The first-order valence-corrected chi connectivity index (χ1v) is 8.87. The number of benzene rings is 2. The minimum Gasteiger partial charge on any atom is -0.476 e. The van der Waals surface area contributed by atoms with Crippen LogP contribution < -0.4 is 4.74 Å². The molecule has 0 N–H and O–H groups in total. The van der Waals surface area contributed by atoms with E-state index < -0.39 is 6.10 Å². The van der Waals surface area contributed by atoms with Crippen LogP contribution in [0.3, 0.4) is 0 Å². The Hall–Kier alpha value is -1.85. The molecule has 1 saturated heterocycles. The summed E-state index contributed by atoms with van der Waals surface area (Å²) in [5.74, 6) is 0.715. The zero-order valence-electron chi connectivity index (χ0n) is 13.7. The van der Waals surface area contributed by atoms with E-state index in [1.165, 1.54) is 0 Å². The van der Waals surface area contributed by atoms with Crippen molar-refractivity contribution in [1.29, 1.82) is 0 Å². The molecule has 1 fully saturated rings. The molecule has 1 aliphatic heterocycles. The van der Waals surface area contributed by atoms with Crippen LogP contribution >= 0.6 is 15.9 Å². The van der Waals surface area contributed by atoms with Crippen LogP contribution in [0.2, 0.25) is 0 Å². The molecule has 0 aliphatic carbocycles. The number of likely N-dealkylation sites (N-methyl/N-ethyl adjacent to an activating group) is 1. The van der Waals surface area contributed by atoms with Crippen molar-refractivity contribution in [2.45, 2.75) is 6.10 Å². The van der Waals surface area contributed by atoms with E-state index >= 15 is 0 Å². The zero-order valence-corrected chi connectivity index (χ0v) is 15.3. The number of piperazine rings is 1. The van der Waals surface area contributed by atoms with Crippen molar-refractivity contribution in [1.82, 2.24) is 9.80 Å². The van der Waals surface area contributed by atoms with E-state index in [4.69, 9.17) is 4.74 Å². The van der Waals surface area contributed by atoms with Gasteiger partial charge in [-0.25, -0.2) is 0 Å². The number of carbonyl (C=O) groups is 1. The lowest BCUT2D eigenvalue weighted by Gasteiger charge is -2.34. The number of nitrogens with zero attached hydrogens (tertiary/aromatic N) is 2. The Morgan fingerprint density at radius 1 is 1.00 bits per heavy atom. The second-order valence-corrected chi connectivity index (χ2v) is 6.91. The molecule has 4 nitrogen and oxygen atoms in total. The van der Waals surface area contributed by atoms with Gasteiger partial charge in [0.1, 0.15) is 5.75 Å². The Morgan fingerprint density at radius 3 is 2.25 bits per heavy atom. The van der Waals surface area contributed by atoms with E-state index in [2.05, 4.69) is 27.9 Å². The molecule has 1 aliphatic rings. The molecule has 0 aromatic heterocycles. The van der Waals surface area contributed by atoms with Crippen molar-refractivity contribution in [3.05, 3.63) is 64.6 Å². The molecule has 1 atom stereocenters. The van der Waals surface area contributed by atoms with Gasteiger partial charge in [0.15, 0.2) is 0 Å². The van der Waals surface area contributed by atoms with E-state index in [-0.39, 0.29) is 5.91 Å². The van der Waals surface area contributed by atoms with Crippen molar-refractivity contribution in [3.63, 3.8) is 0 Å². The number of ether oxygens (including phenoxy) is 1. The van der Waals surface area contributed by atoms with Crippen LogP contribution in [0, 0.1) is 0 Å². The number of rotatable bonds is 4. The number of hydrogen-bond donors (Lipinski definition) is 0. The molecular formula is C19H21BrN2O2. The molecule has 2 aromatic carbocycles. The fraction of sp³-hybridized carbons (Fsp3) is 0.316. The topological polar surface area (TPSA) is 32.8 Å². The second kappa shape index (κ2) is 7.81. The van der Waals surface area contributed by atoms with Crippen LogP contribution in [-0.2, 0) is 4.79 Å². The first kappa shape index (κ1) is 17.0. The van der Waals surface area contributed by atoms with Gasteiger partial charge in [-0.3, -0.25) is 4.79 Å². The summed E-state index contributed by atoms with van der Waals surface area (Å²) in [4.78, 5) is 17.2.